The Morgan fingerprint density at radius 3 is 2.91 bits per heavy atom. The fraction of sp³-hybridized carbons (Fsp3) is 0.471. The first kappa shape index (κ1) is 15.4. The van der Waals surface area contributed by atoms with Gasteiger partial charge < -0.3 is 15.0 Å². The van der Waals surface area contributed by atoms with Crippen LogP contribution in [0.2, 0.25) is 5.02 Å². The standard InChI is InChI=1S/C17H21ClN2O2/c1-17(11-21,13-2-3-13)19-16(22)7-9-20-8-6-12-10-14(18)4-5-15(12)20/h4-6,8,10,13,21H,2-3,7,9,11H2,1H3,(H,19,22). The summed E-state index contributed by atoms with van der Waals surface area (Å²) >= 11 is 5.98. The maximum absolute atomic E-state index is 12.2. The Hall–Kier alpha value is -1.52. The van der Waals surface area contributed by atoms with Gasteiger partial charge in [-0.2, -0.15) is 0 Å². The van der Waals surface area contributed by atoms with Gasteiger partial charge in [-0.15, -0.1) is 0 Å². The number of carbonyl (C=O) groups excluding carboxylic acids is 1. The lowest BCUT2D eigenvalue weighted by molar-refractivity contribution is -0.123. The van der Waals surface area contributed by atoms with Crippen LogP contribution in [0.1, 0.15) is 26.2 Å². The molecule has 1 atom stereocenters. The van der Waals surface area contributed by atoms with Crippen molar-refractivity contribution in [3.63, 3.8) is 0 Å². The Morgan fingerprint density at radius 2 is 2.23 bits per heavy atom. The average molecular weight is 321 g/mol. The van der Waals surface area contributed by atoms with Gasteiger partial charge >= 0.3 is 0 Å². The molecule has 1 aliphatic rings. The Balaban J connectivity index is 1.62. The summed E-state index contributed by atoms with van der Waals surface area (Å²) < 4.78 is 2.05. The first-order valence-corrected chi connectivity index (χ1v) is 8.06. The molecule has 0 bridgehead atoms. The number of aromatic nitrogens is 1. The molecule has 1 unspecified atom stereocenters. The summed E-state index contributed by atoms with van der Waals surface area (Å²) in [7, 11) is 0. The molecule has 0 radical (unpaired) electrons. The first-order valence-electron chi connectivity index (χ1n) is 7.68. The number of aliphatic hydroxyl groups is 1. The van der Waals surface area contributed by atoms with Crippen molar-refractivity contribution in [2.45, 2.75) is 38.3 Å². The minimum atomic E-state index is -0.469. The molecular weight excluding hydrogens is 300 g/mol. The second-order valence-electron chi connectivity index (χ2n) is 6.36. The molecule has 1 aliphatic carbocycles. The molecule has 1 aromatic carbocycles. The number of fused-ring (bicyclic) bond motifs is 1. The summed E-state index contributed by atoms with van der Waals surface area (Å²) in [5, 5.41) is 14.3. The first-order chi connectivity index (χ1) is 10.5. The van der Waals surface area contributed by atoms with E-state index in [2.05, 4.69) is 9.88 Å². The molecule has 2 aromatic rings. The van der Waals surface area contributed by atoms with Crippen molar-refractivity contribution in [2.24, 2.45) is 5.92 Å². The zero-order valence-electron chi connectivity index (χ0n) is 12.7. The predicted octanol–water partition coefficient (Wildman–Crippen LogP) is 2.96. The Kier molecular flexibility index (Phi) is 4.15. The quantitative estimate of drug-likeness (QED) is 0.859. The lowest BCUT2D eigenvalue weighted by Crippen LogP contribution is -2.50. The van der Waals surface area contributed by atoms with Gasteiger partial charge in [-0.05, 0) is 49.9 Å². The molecule has 1 aromatic heterocycles. The summed E-state index contributed by atoms with van der Waals surface area (Å²) in [6.45, 7) is 2.53. The molecule has 1 heterocycles. The third kappa shape index (κ3) is 3.13. The van der Waals surface area contributed by atoms with Crippen molar-refractivity contribution in [1.29, 1.82) is 0 Å². The SMILES string of the molecule is CC(CO)(NC(=O)CCn1ccc2cc(Cl)ccc21)C1CC1. The minimum absolute atomic E-state index is 0.00560. The monoisotopic (exact) mass is 320 g/mol. The number of rotatable bonds is 6. The minimum Gasteiger partial charge on any atom is -0.394 e. The lowest BCUT2D eigenvalue weighted by atomic mass is 9.97. The second-order valence-corrected chi connectivity index (χ2v) is 6.80. The number of benzene rings is 1. The molecule has 1 amide bonds. The molecule has 1 fully saturated rings. The highest BCUT2D eigenvalue weighted by Gasteiger charge is 2.41. The molecular formula is C17H21ClN2O2. The van der Waals surface area contributed by atoms with Crippen LogP contribution < -0.4 is 5.32 Å². The van der Waals surface area contributed by atoms with Gasteiger partial charge in [0.2, 0.25) is 5.91 Å². The van der Waals surface area contributed by atoms with Crippen LogP contribution in [-0.4, -0.2) is 27.7 Å². The fourth-order valence-corrected chi connectivity index (χ4v) is 3.14. The average Bonchev–Trinajstić information content (AvgIpc) is 3.28. The molecule has 0 saturated heterocycles. The molecule has 0 spiro atoms. The van der Waals surface area contributed by atoms with Crippen molar-refractivity contribution < 1.29 is 9.90 Å². The van der Waals surface area contributed by atoms with E-state index in [4.69, 9.17) is 11.6 Å². The van der Waals surface area contributed by atoms with Crippen LogP contribution in [0.25, 0.3) is 10.9 Å². The van der Waals surface area contributed by atoms with Crippen LogP contribution in [0.5, 0.6) is 0 Å². The van der Waals surface area contributed by atoms with Gasteiger partial charge in [0.15, 0.2) is 0 Å². The molecule has 2 N–H and O–H groups in total. The molecule has 5 heteroatoms. The number of aryl methyl sites for hydroxylation is 1. The summed E-state index contributed by atoms with van der Waals surface area (Å²) in [6.07, 6.45) is 4.54. The Labute approximate surface area is 135 Å². The maximum Gasteiger partial charge on any atom is 0.222 e. The molecule has 1 saturated carbocycles. The smallest absolute Gasteiger partial charge is 0.222 e. The predicted molar refractivity (Wildman–Crippen MR) is 87.9 cm³/mol. The van der Waals surface area contributed by atoms with Crippen molar-refractivity contribution >= 4 is 28.4 Å². The topological polar surface area (TPSA) is 54.3 Å². The number of amides is 1. The van der Waals surface area contributed by atoms with Gasteiger partial charge in [-0.3, -0.25) is 4.79 Å². The third-order valence-electron chi connectivity index (χ3n) is 4.54. The van der Waals surface area contributed by atoms with Crippen LogP contribution in [0.4, 0.5) is 0 Å². The van der Waals surface area contributed by atoms with Gasteiger partial charge in [0.1, 0.15) is 0 Å². The van der Waals surface area contributed by atoms with Crippen molar-refractivity contribution in [3.8, 4) is 0 Å². The number of nitrogens with one attached hydrogen (secondary N) is 1. The Morgan fingerprint density at radius 1 is 1.45 bits per heavy atom. The van der Waals surface area contributed by atoms with Crippen LogP contribution in [0.3, 0.4) is 0 Å². The van der Waals surface area contributed by atoms with E-state index < -0.39 is 5.54 Å². The van der Waals surface area contributed by atoms with E-state index in [1.807, 2.05) is 37.4 Å². The van der Waals surface area contributed by atoms with E-state index in [-0.39, 0.29) is 12.5 Å². The molecule has 4 nitrogen and oxygen atoms in total. The van der Waals surface area contributed by atoms with Crippen molar-refractivity contribution in [3.05, 3.63) is 35.5 Å². The number of nitrogens with zero attached hydrogens (tertiary/aromatic N) is 1. The molecule has 3 rings (SSSR count). The van der Waals surface area contributed by atoms with E-state index in [0.29, 0.717) is 23.9 Å². The zero-order valence-corrected chi connectivity index (χ0v) is 13.4. The van der Waals surface area contributed by atoms with Crippen molar-refractivity contribution in [2.75, 3.05) is 6.61 Å². The maximum atomic E-state index is 12.2. The van der Waals surface area contributed by atoms with Gasteiger partial charge in [0, 0.05) is 35.1 Å². The van der Waals surface area contributed by atoms with Crippen LogP contribution in [0, 0.1) is 5.92 Å². The summed E-state index contributed by atoms with van der Waals surface area (Å²) in [4.78, 5) is 12.2. The third-order valence-corrected chi connectivity index (χ3v) is 4.78. The summed E-state index contributed by atoms with van der Waals surface area (Å²) in [6, 6.07) is 7.75. The molecule has 0 aliphatic heterocycles. The highest BCUT2D eigenvalue weighted by Crippen LogP contribution is 2.39. The van der Waals surface area contributed by atoms with Gasteiger partial charge in [0.05, 0.1) is 12.1 Å². The van der Waals surface area contributed by atoms with Crippen LogP contribution >= 0.6 is 11.6 Å². The van der Waals surface area contributed by atoms with E-state index in [9.17, 15) is 9.90 Å². The number of hydrogen-bond donors (Lipinski definition) is 2. The summed E-state index contributed by atoms with van der Waals surface area (Å²) in [5.74, 6) is 0.398. The van der Waals surface area contributed by atoms with Gasteiger partial charge in [0.25, 0.3) is 0 Å². The normalized spacial score (nSPS) is 17.4. The number of carbonyl (C=O) groups is 1. The van der Waals surface area contributed by atoms with E-state index in [1.54, 1.807) is 0 Å². The molecule has 22 heavy (non-hydrogen) atoms. The van der Waals surface area contributed by atoms with Crippen LogP contribution in [0.15, 0.2) is 30.5 Å². The largest absolute Gasteiger partial charge is 0.394 e. The number of aliphatic hydroxyl groups excluding tert-OH is 1. The van der Waals surface area contributed by atoms with E-state index in [1.165, 1.54) is 0 Å². The fourth-order valence-electron chi connectivity index (χ4n) is 2.96. The second kappa shape index (κ2) is 5.94. The van der Waals surface area contributed by atoms with Crippen molar-refractivity contribution in [1.82, 2.24) is 9.88 Å². The highest BCUT2D eigenvalue weighted by molar-refractivity contribution is 6.31. The number of hydrogen-bond acceptors (Lipinski definition) is 2. The summed E-state index contributed by atoms with van der Waals surface area (Å²) in [5.41, 5.74) is 0.605. The van der Waals surface area contributed by atoms with Gasteiger partial charge in [-0.1, -0.05) is 11.6 Å². The number of halogens is 1. The molecule has 118 valence electrons. The van der Waals surface area contributed by atoms with Crippen LogP contribution in [-0.2, 0) is 11.3 Å². The lowest BCUT2D eigenvalue weighted by Gasteiger charge is -2.28. The van der Waals surface area contributed by atoms with Gasteiger partial charge in [-0.25, -0.2) is 0 Å². The Bertz CT molecular complexity index is 693. The van der Waals surface area contributed by atoms with E-state index >= 15 is 0 Å². The zero-order chi connectivity index (χ0) is 15.7. The highest BCUT2D eigenvalue weighted by atomic mass is 35.5. The van der Waals surface area contributed by atoms with E-state index in [0.717, 1.165) is 23.7 Å².